The minimum Gasteiger partial charge on any atom is -0.288 e. The average Bonchev–Trinajstić information content (AvgIpc) is 2.39. The molecule has 2 amide bonds. The zero-order chi connectivity index (χ0) is 12.1. The first-order valence-electron chi connectivity index (χ1n) is 4.38. The molecule has 0 saturated carbocycles. The molecule has 1 aromatic carbocycles. The smallest absolute Gasteiger partial charge is 0.288 e. The Balaban J connectivity index is 2.67. The van der Waals surface area contributed by atoms with Gasteiger partial charge in [0.15, 0.2) is 0 Å². The molecule has 1 aromatic rings. The molecule has 0 spiro atoms. The number of nitrogens with one attached hydrogen (secondary N) is 1. The Morgan fingerprint density at radius 2 is 1.56 bits per heavy atom. The number of carbonyl (C=O) groups is 2. The quantitative estimate of drug-likeness (QED) is 0.690. The number of hydrogen-bond donors (Lipinski definition) is 1. The molecule has 1 heterocycles. The number of benzene rings is 1. The van der Waals surface area contributed by atoms with E-state index >= 15 is 0 Å². The lowest BCUT2D eigenvalue weighted by molar-refractivity contribution is -0.138. The van der Waals surface area contributed by atoms with Crippen molar-refractivity contribution in [3.05, 3.63) is 34.4 Å². The second-order valence-electron chi connectivity index (χ2n) is 3.49. The Morgan fingerprint density at radius 1 is 1.06 bits per heavy atom. The van der Waals surface area contributed by atoms with Crippen molar-refractivity contribution in [1.29, 1.82) is 0 Å². The van der Waals surface area contributed by atoms with Crippen LogP contribution in [0.2, 0.25) is 0 Å². The topological polar surface area (TPSA) is 46.2 Å². The molecule has 0 unspecified atom stereocenters. The first kappa shape index (κ1) is 10.7. The van der Waals surface area contributed by atoms with Crippen LogP contribution < -0.4 is 5.32 Å². The Kier molecular flexibility index (Phi) is 2.04. The van der Waals surface area contributed by atoms with Crippen LogP contribution in [0.4, 0.5) is 13.2 Å². The van der Waals surface area contributed by atoms with Gasteiger partial charge in [-0.15, -0.1) is 0 Å². The summed E-state index contributed by atoms with van der Waals surface area (Å²) in [5.74, 6) is -1.44. The highest BCUT2D eigenvalue weighted by Gasteiger charge is 2.36. The van der Waals surface area contributed by atoms with Gasteiger partial charge < -0.3 is 0 Å². The Bertz CT molecular complexity index is 506. The van der Waals surface area contributed by atoms with Crippen molar-refractivity contribution in [1.82, 2.24) is 5.32 Å². The molecule has 0 atom stereocenters. The Labute approximate surface area is 88.3 Å². The van der Waals surface area contributed by atoms with Gasteiger partial charge in [0.1, 0.15) is 0 Å². The summed E-state index contributed by atoms with van der Waals surface area (Å²) < 4.78 is 37.6. The molecule has 0 fully saturated rings. The Morgan fingerprint density at radius 3 is 2.06 bits per heavy atom. The molecule has 1 N–H and O–H groups in total. The lowest BCUT2D eigenvalue weighted by Gasteiger charge is -2.10. The van der Waals surface area contributed by atoms with Gasteiger partial charge in [-0.25, -0.2) is 0 Å². The summed E-state index contributed by atoms with van der Waals surface area (Å²) in [6.07, 6.45) is -4.52. The van der Waals surface area contributed by atoms with Crippen LogP contribution in [0.25, 0.3) is 0 Å². The van der Waals surface area contributed by atoms with Gasteiger partial charge in [0.05, 0.1) is 16.7 Å². The molecule has 3 nitrogen and oxygen atoms in total. The van der Waals surface area contributed by atoms with Crippen molar-refractivity contribution >= 4 is 11.8 Å². The van der Waals surface area contributed by atoms with E-state index < -0.39 is 23.6 Å². The van der Waals surface area contributed by atoms with Crippen LogP contribution in [-0.4, -0.2) is 11.8 Å². The number of hydrogen-bond acceptors (Lipinski definition) is 2. The van der Waals surface area contributed by atoms with Crippen molar-refractivity contribution in [2.45, 2.75) is 13.1 Å². The number of amides is 2. The van der Waals surface area contributed by atoms with Crippen molar-refractivity contribution in [2.24, 2.45) is 0 Å². The molecule has 0 saturated heterocycles. The van der Waals surface area contributed by atoms with Gasteiger partial charge in [0.2, 0.25) is 0 Å². The van der Waals surface area contributed by atoms with Gasteiger partial charge in [-0.05, 0) is 24.6 Å². The molecule has 6 heteroatoms. The van der Waals surface area contributed by atoms with Crippen molar-refractivity contribution in [2.75, 3.05) is 0 Å². The highest BCUT2D eigenvalue weighted by Crippen LogP contribution is 2.34. The third kappa shape index (κ3) is 1.46. The van der Waals surface area contributed by atoms with Gasteiger partial charge in [-0.3, -0.25) is 14.9 Å². The fourth-order valence-electron chi connectivity index (χ4n) is 1.63. The van der Waals surface area contributed by atoms with E-state index in [2.05, 4.69) is 0 Å². The second-order valence-corrected chi connectivity index (χ2v) is 3.49. The van der Waals surface area contributed by atoms with Crippen LogP contribution >= 0.6 is 0 Å². The van der Waals surface area contributed by atoms with Crippen LogP contribution in [0, 0.1) is 6.92 Å². The van der Waals surface area contributed by atoms with E-state index in [4.69, 9.17) is 0 Å². The second kappa shape index (κ2) is 3.07. The largest absolute Gasteiger partial charge is 0.416 e. The van der Waals surface area contributed by atoms with E-state index in [9.17, 15) is 22.8 Å². The monoisotopic (exact) mass is 229 g/mol. The molecule has 84 valence electrons. The van der Waals surface area contributed by atoms with Crippen LogP contribution in [0.15, 0.2) is 12.1 Å². The van der Waals surface area contributed by atoms with E-state index in [-0.39, 0.29) is 16.7 Å². The van der Waals surface area contributed by atoms with E-state index in [1.54, 1.807) is 0 Å². The maximum absolute atomic E-state index is 12.5. The number of fused-ring (bicyclic) bond motifs is 1. The summed E-state index contributed by atoms with van der Waals surface area (Å²) in [5.41, 5.74) is -1.19. The summed E-state index contributed by atoms with van der Waals surface area (Å²) in [4.78, 5) is 22.3. The maximum Gasteiger partial charge on any atom is 0.416 e. The summed E-state index contributed by atoms with van der Waals surface area (Å²) in [7, 11) is 0. The zero-order valence-electron chi connectivity index (χ0n) is 8.11. The molecular formula is C10H6F3NO2. The lowest BCUT2D eigenvalue weighted by Crippen LogP contribution is -2.19. The summed E-state index contributed by atoms with van der Waals surface area (Å²) >= 11 is 0. The third-order valence-corrected chi connectivity index (χ3v) is 2.39. The predicted octanol–water partition coefficient (Wildman–Crippen LogP) is 1.90. The number of imide groups is 1. The highest BCUT2D eigenvalue weighted by molar-refractivity contribution is 6.21. The first-order valence-corrected chi connectivity index (χ1v) is 4.38. The molecule has 2 rings (SSSR count). The van der Waals surface area contributed by atoms with Crippen molar-refractivity contribution in [3.8, 4) is 0 Å². The minimum atomic E-state index is -4.52. The van der Waals surface area contributed by atoms with Gasteiger partial charge in [-0.1, -0.05) is 0 Å². The maximum atomic E-state index is 12.5. The van der Waals surface area contributed by atoms with Crippen LogP contribution in [0.5, 0.6) is 0 Å². The van der Waals surface area contributed by atoms with E-state index in [0.29, 0.717) is 6.07 Å². The fourth-order valence-corrected chi connectivity index (χ4v) is 1.63. The molecule has 1 aliphatic rings. The number of halogens is 3. The molecule has 0 bridgehead atoms. The normalized spacial score (nSPS) is 15.0. The number of alkyl halides is 3. The van der Waals surface area contributed by atoms with Gasteiger partial charge in [0.25, 0.3) is 11.8 Å². The van der Waals surface area contributed by atoms with Crippen molar-refractivity contribution < 1.29 is 22.8 Å². The average molecular weight is 229 g/mol. The lowest BCUT2D eigenvalue weighted by atomic mass is 10.00. The number of rotatable bonds is 0. The zero-order valence-corrected chi connectivity index (χ0v) is 8.11. The van der Waals surface area contributed by atoms with Crippen LogP contribution in [0.3, 0.4) is 0 Å². The molecule has 0 aromatic heterocycles. The van der Waals surface area contributed by atoms with Gasteiger partial charge >= 0.3 is 6.18 Å². The van der Waals surface area contributed by atoms with E-state index in [0.717, 1.165) is 6.07 Å². The third-order valence-electron chi connectivity index (χ3n) is 2.39. The summed E-state index contributed by atoms with van der Waals surface area (Å²) in [6.45, 7) is 1.25. The molecule has 16 heavy (non-hydrogen) atoms. The summed E-state index contributed by atoms with van der Waals surface area (Å²) in [5, 5.41) is 1.94. The molecular weight excluding hydrogens is 223 g/mol. The molecule has 0 aliphatic carbocycles. The molecule has 1 aliphatic heterocycles. The molecule has 0 radical (unpaired) electrons. The SMILES string of the molecule is Cc1cc2c(cc1C(F)(F)F)C(=O)NC2=O. The van der Waals surface area contributed by atoms with Crippen LogP contribution in [0.1, 0.15) is 31.8 Å². The van der Waals surface area contributed by atoms with E-state index in [1.807, 2.05) is 5.32 Å². The number of carbonyl (C=O) groups excluding carboxylic acids is 2. The van der Waals surface area contributed by atoms with Gasteiger partial charge in [-0.2, -0.15) is 13.2 Å². The van der Waals surface area contributed by atoms with Crippen LogP contribution in [-0.2, 0) is 6.18 Å². The van der Waals surface area contributed by atoms with Crippen molar-refractivity contribution in [3.63, 3.8) is 0 Å². The fraction of sp³-hybridized carbons (Fsp3) is 0.200. The standard InChI is InChI=1S/C10H6F3NO2/c1-4-2-5-6(9(16)14-8(5)15)3-7(4)10(11,12)13/h2-3H,1H3,(H,14,15,16). The highest BCUT2D eigenvalue weighted by atomic mass is 19.4. The van der Waals surface area contributed by atoms with E-state index in [1.165, 1.54) is 6.92 Å². The Hall–Kier alpha value is -1.85. The summed E-state index contributed by atoms with van der Waals surface area (Å²) in [6, 6.07) is 1.79. The van der Waals surface area contributed by atoms with Gasteiger partial charge in [0, 0.05) is 0 Å². The first-order chi connectivity index (χ1) is 7.30. The number of aryl methyl sites for hydroxylation is 1. The predicted molar refractivity (Wildman–Crippen MR) is 48.0 cm³/mol. The minimum absolute atomic E-state index is 0.00417.